The number of rotatable bonds is 20. The maximum absolute atomic E-state index is 14.4. The smallest absolute Gasteiger partial charge is 0.657 e. The Labute approximate surface area is 404 Å². The number of ether oxygens (including phenoxy) is 2. The number of ketones is 1. The third-order valence-electron chi connectivity index (χ3n) is 14.3. The first-order valence-corrected chi connectivity index (χ1v) is 24.1. The molecule has 6 rings (SSSR count). The van der Waals surface area contributed by atoms with Gasteiger partial charge in [-0.15, -0.1) is 33.5 Å². The molecule has 65 heavy (non-hydrogen) atoms. The summed E-state index contributed by atoms with van der Waals surface area (Å²) in [5, 5.41) is 5.28. The van der Waals surface area contributed by atoms with E-state index in [4.69, 9.17) is 24.4 Å². The standard InChI is InChI=1S/C55H74N4O5.Mg/c1-13-39-35(8)42-28-44-37(10)41(24-25-48(60)64-27-26-34(7)23-17-22-33(6)21-16-20-32(5)19-15-18-31(3)4)52(58-44)50-51(55(62)63-12)54(61)49-38(11)45(59-53(49)50)30-47-40(14-2)36(9)43(57-47)29-46(39)56-42;/h13,26,28-33,37,41,51H,1,14-25,27H2,2-12H3,(H2,58,59,61);/q-2;+2/p-1/b34-26+,43-29-,44-28-,47-30-;/t32-,33-,37+,41+,51+;/m1./s1. The molecule has 1 N–H and O–H groups in total. The molecule has 0 saturated carbocycles. The number of methoxy groups -OCH3 is 1. The number of Topliss-reactive ketones (excluding diaryl/α,β-unsaturated/α-hetero) is 1. The number of allylic oxidation sites excluding steroid dienone is 3. The van der Waals surface area contributed by atoms with Crippen LogP contribution in [0.3, 0.4) is 0 Å². The van der Waals surface area contributed by atoms with Gasteiger partial charge in [-0.05, 0) is 88.3 Å². The van der Waals surface area contributed by atoms with Crippen LogP contribution in [-0.2, 0) is 25.5 Å². The predicted octanol–water partition coefficient (Wildman–Crippen LogP) is 9.58. The zero-order valence-electron chi connectivity index (χ0n) is 41.3. The van der Waals surface area contributed by atoms with Gasteiger partial charge in [-0.25, -0.2) is 0 Å². The van der Waals surface area contributed by atoms with Gasteiger partial charge in [-0.1, -0.05) is 145 Å². The van der Waals surface area contributed by atoms with Crippen molar-refractivity contribution < 1.29 is 23.9 Å². The zero-order valence-corrected chi connectivity index (χ0v) is 42.8. The normalized spacial score (nSPS) is 21.7. The van der Waals surface area contributed by atoms with Gasteiger partial charge in [0, 0.05) is 35.2 Å². The van der Waals surface area contributed by atoms with Gasteiger partial charge in [-0.3, -0.25) is 14.4 Å². The average molecular weight is 895 g/mol. The molecule has 3 aromatic rings. The van der Waals surface area contributed by atoms with Crippen LogP contribution in [0.1, 0.15) is 180 Å². The summed E-state index contributed by atoms with van der Waals surface area (Å²) in [5.74, 6) is -0.510. The molecule has 9 nitrogen and oxygen atoms in total. The number of hydrogen-bond acceptors (Lipinski definition) is 6. The van der Waals surface area contributed by atoms with Crippen molar-refractivity contribution in [1.29, 1.82) is 0 Å². The number of hydrogen-bond donors (Lipinski definition) is 1. The number of carbonyl (C=O) groups is 3. The van der Waals surface area contributed by atoms with Crippen molar-refractivity contribution >= 4 is 70.7 Å². The molecule has 3 aliphatic rings. The fraction of sp³-hybridized carbons (Fsp3) is 0.545. The Morgan fingerprint density at radius 2 is 1.49 bits per heavy atom. The first-order chi connectivity index (χ1) is 30.6. The largest absolute Gasteiger partial charge is 2.00 e. The van der Waals surface area contributed by atoms with Crippen LogP contribution in [0, 0.1) is 56.3 Å². The van der Waals surface area contributed by atoms with Crippen molar-refractivity contribution in [3.63, 3.8) is 0 Å². The molecule has 0 unspecified atom stereocenters. The van der Waals surface area contributed by atoms with E-state index in [1.54, 1.807) is 0 Å². The quantitative estimate of drug-likeness (QED) is 0.0511. The van der Waals surface area contributed by atoms with E-state index in [9.17, 15) is 14.4 Å². The van der Waals surface area contributed by atoms with Crippen molar-refractivity contribution in [3.8, 4) is 0 Å². The molecule has 3 aromatic heterocycles. The Balaban J connectivity index is 0.00000793. The molecule has 10 heteroatoms. The van der Waals surface area contributed by atoms with Gasteiger partial charge in [0.15, 0.2) is 5.78 Å². The van der Waals surface area contributed by atoms with E-state index in [0.29, 0.717) is 46.1 Å². The Morgan fingerprint density at radius 1 is 0.846 bits per heavy atom. The molecule has 0 aromatic carbocycles. The number of nitrogens with one attached hydrogen (secondary N) is 1. The molecule has 1 fully saturated rings. The van der Waals surface area contributed by atoms with Crippen molar-refractivity contribution in [3.05, 3.63) is 96.5 Å². The minimum absolute atomic E-state index is 0. The second-order valence-corrected chi connectivity index (χ2v) is 19.5. The number of fused-ring (bicyclic) bond motifs is 7. The van der Waals surface area contributed by atoms with Crippen LogP contribution in [0.25, 0.3) is 29.9 Å². The van der Waals surface area contributed by atoms with Gasteiger partial charge in [0.2, 0.25) is 0 Å². The minimum Gasteiger partial charge on any atom is -0.657 e. The average Bonchev–Trinajstić information content (AvgIpc) is 3.99. The van der Waals surface area contributed by atoms with Crippen LogP contribution in [0.4, 0.5) is 0 Å². The van der Waals surface area contributed by atoms with Crippen molar-refractivity contribution in [2.45, 2.75) is 146 Å². The van der Waals surface area contributed by atoms with E-state index in [-0.39, 0.29) is 59.7 Å². The zero-order chi connectivity index (χ0) is 46.4. The first-order valence-electron chi connectivity index (χ1n) is 24.1. The molecule has 0 amide bonds. The molecule has 2 aliphatic heterocycles. The summed E-state index contributed by atoms with van der Waals surface area (Å²) in [6.07, 6.45) is 22.5. The molecule has 0 spiro atoms. The maximum atomic E-state index is 14.4. The third-order valence-corrected chi connectivity index (χ3v) is 14.3. The van der Waals surface area contributed by atoms with Gasteiger partial charge in [-0.2, -0.15) is 0 Å². The Bertz CT molecular complexity index is 2450. The fourth-order valence-electron chi connectivity index (χ4n) is 10.2. The summed E-state index contributed by atoms with van der Waals surface area (Å²) in [7, 11) is 1.31. The van der Waals surface area contributed by atoms with Gasteiger partial charge in [0.1, 0.15) is 12.5 Å². The van der Waals surface area contributed by atoms with Crippen LogP contribution in [-0.4, -0.2) is 54.5 Å². The van der Waals surface area contributed by atoms with E-state index < -0.39 is 11.9 Å². The van der Waals surface area contributed by atoms with Gasteiger partial charge in [0.25, 0.3) is 0 Å². The summed E-state index contributed by atoms with van der Waals surface area (Å²) in [6, 6.07) is 0. The second-order valence-electron chi connectivity index (χ2n) is 19.5. The molecular weight excluding hydrogens is 821 g/mol. The molecular formula is C55H73MgN4O5-. The molecule has 0 radical (unpaired) electrons. The van der Waals surface area contributed by atoms with E-state index in [2.05, 4.69) is 67.3 Å². The van der Waals surface area contributed by atoms with Crippen molar-refractivity contribution in [1.82, 2.24) is 20.3 Å². The second kappa shape index (κ2) is 22.9. The molecule has 1 aliphatic carbocycles. The number of esters is 2. The Hall–Kier alpha value is -4.28. The summed E-state index contributed by atoms with van der Waals surface area (Å²) < 4.78 is 11.1. The van der Waals surface area contributed by atoms with Crippen LogP contribution in [0.2, 0.25) is 0 Å². The number of nitrogens with zero attached hydrogens (tertiary/aromatic N) is 3. The van der Waals surface area contributed by atoms with Crippen LogP contribution < -0.4 is 31.0 Å². The van der Waals surface area contributed by atoms with Gasteiger partial charge < -0.3 is 29.7 Å². The summed E-state index contributed by atoms with van der Waals surface area (Å²) in [5.41, 5.74) is 11.2. The Morgan fingerprint density at radius 3 is 2.14 bits per heavy atom. The monoisotopic (exact) mass is 894 g/mol. The number of aromatic nitrogens is 3. The first kappa shape index (κ1) is 51.7. The molecule has 346 valence electrons. The van der Waals surface area contributed by atoms with Crippen LogP contribution >= 0.6 is 0 Å². The van der Waals surface area contributed by atoms with Gasteiger partial charge >= 0.3 is 35.0 Å². The Kier molecular flexibility index (Phi) is 18.3. The summed E-state index contributed by atoms with van der Waals surface area (Å²) >= 11 is 0. The van der Waals surface area contributed by atoms with Crippen molar-refractivity contribution in [2.24, 2.45) is 35.5 Å². The van der Waals surface area contributed by atoms with E-state index >= 15 is 0 Å². The van der Waals surface area contributed by atoms with Crippen LogP contribution in [0.15, 0.2) is 29.6 Å². The molecule has 5 atom stereocenters. The molecule has 1 saturated heterocycles. The van der Waals surface area contributed by atoms with Crippen molar-refractivity contribution in [2.75, 3.05) is 13.7 Å². The van der Waals surface area contributed by atoms with E-state index in [1.165, 1.54) is 57.6 Å². The SMILES string of the molecule is C=Cc1c2[n-]c(c1C)/C=C1\N/C(=C3\c4[n-]c(c(C)c4C(=O)[C@H]3C(=O)OC)/C=c3\[n-]/c(c(C)c3CC)=C\2)[C@@H](CCC(=O)OC/C=C(\C)CCC[C@H](C)CCC[C@H](C)CCCC(C)C)[C@@H]1C.[Mg+2]. The fourth-order valence-corrected chi connectivity index (χ4v) is 10.2. The third kappa shape index (κ3) is 11.6. The van der Waals surface area contributed by atoms with Gasteiger partial charge in [0.05, 0.1) is 7.11 Å². The maximum Gasteiger partial charge on any atom is 2.00 e. The summed E-state index contributed by atoms with van der Waals surface area (Å²) in [6.45, 7) is 26.1. The molecule has 5 heterocycles. The number of carbonyl (C=O) groups excluding carboxylic acids is 3. The summed E-state index contributed by atoms with van der Waals surface area (Å²) in [4.78, 5) is 56.7. The minimum atomic E-state index is -1.19. The topological polar surface area (TPSA) is 124 Å². The van der Waals surface area contributed by atoms with Crippen LogP contribution in [0.5, 0.6) is 0 Å². The molecule has 8 bridgehead atoms. The predicted molar refractivity (Wildman–Crippen MR) is 264 cm³/mol. The van der Waals surface area contributed by atoms with E-state index in [1.807, 2.05) is 44.2 Å². The van der Waals surface area contributed by atoms with E-state index in [0.717, 1.165) is 81.1 Å².